The van der Waals surface area contributed by atoms with Crippen LogP contribution in [0.4, 0.5) is 5.69 Å². The molecule has 0 bridgehead atoms. The quantitative estimate of drug-likeness (QED) is 0.485. The molecule has 0 amide bonds. The van der Waals surface area contributed by atoms with E-state index in [0.29, 0.717) is 14.8 Å². The Morgan fingerprint density at radius 3 is 2.79 bits per heavy atom. The second-order valence-corrected chi connectivity index (χ2v) is 3.68. The molecule has 1 rings (SSSR count). The van der Waals surface area contributed by atoms with Crippen LogP contribution < -0.4 is 5.73 Å². The van der Waals surface area contributed by atoms with Crippen LogP contribution in [0.2, 0.25) is 0 Å². The van der Waals surface area contributed by atoms with E-state index in [4.69, 9.17) is 11.0 Å². The molecule has 0 unspecified atom stereocenters. The van der Waals surface area contributed by atoms with E-state index in [1.807, 2.05) is 28.7 Å². The standard InChI is InChI=1S/C9H7IN2O2/c1-14-9(13)5-2-6(4-11)8(12)7(10)3-5/h2-3H,12H2,1H3. The van der Waals surface area contributed by atoms with Crippen molar-refractivity contribution in [3.63, 3.8) is 0 Å². The van der Waals surface area contributed by atoms with Gasteiger partial charge in [-0.05, 0) is 34.7 Å². The van der Waals surface area contributed by atoms with Crippen molar-refractivity contribution in [2.45, 2.75) is 0 Å². The average molecular weight is 302 g/mol. The number of rotatable bonds is 1. The minimum Gasteiger partial charge on any atom is -0.465 e. The lowest BCUT2D eigenvalue weighted by molar-refractivity contribution is 0.0600. The first-order chi connectivity index (χ1) is 6.60. The van der Waals surface area contributed by atoms with Crippen LogP contribution in [0.25, 0.3) is 0 Å². The summed E-state index contributed by atoms with van der Waals surface area (Å²) in [4.78, 5) is 11.2. The number of methoxy groups -OCH3 is 1. The van der Waals surface area contributed by atoms with Crippen LogP contribution in [0.15, 0.2) is 12.1 Å². The van der Waals surface area contributed by atoms with Gasteiger partial charge in [0.15, 0.2) is 0 Å². The number of carbonyl (C=O) groups is 1. The molecular weight excluding hydrogens is 295 g/mol. The molecule has 4 nitrogen and oxygen atoms in total. The van der Waals surface area contributed by atoms with Gasteiger partial charge >= 0.3 is 5.97 Å². The summed E-state index contributed by atoms with van der Waals surface area (Å²) >= 11 is 1.96. The fourth-order valence-corrected chi connectivity index (χ4v) is 1.57. The number of carbonyl (C=O) groups excluding carboxylic acids is 1. The van der Waals surface area contributed by atoms with Crippen molar-refractivity contribution < 1.29 is 9.53 Å². The molecule has 0 atom stereocenters. The first kappa shape index (κ1) is 10.8. The fraction of sp³-hybridized carbons (Fsp3) is 0.111. The predicted molar refractivity (Wildman–Crippen MR) is 59.6 cm³/mol. The number of hydrogen-bond acceptors (Lipinski definition) is 4. The number of halogens is 1. The molecule has 0 aromatic heterocycles. The molecule has 0 radical (unpaired) electrons. The molecule has 5 heteroatoms. The van der Waals surface area contributed by atoms with Crippen molar-refractivity contribution in [1.82, 2.24) is 0 Å². The summed E-state index contributed by atoms with van der Waals surface area (Å²) in [5.41, 5.74) is 6.64. The fourth-order valence-electron chi connectivity index (χ4n) is 0.946. The number of hydrogen-bond donors (Lipinski definition) is 1. The zero-order chi connectivity index (χ0) is 10.7. The molecule has 0 heterocycles. The monoisotopic (exact) mass is 302 g/mol. The maximum Gasteiger partial charge on any atom is 0.337 e. The number of ether oxygens (including phenoxy) is 1. The highest BCUT2D eigenvalue weighted by Gasteiger charge is 2.11. The Balaban J connectivity index is 3.32. The van der Waals surface area contributed by atoms with Gasteiger partial charge in [-0.3, -0.25) is 0 Å². The number of nitrogens with zero attached hydrogens (tertiary/aromatic N) is 1. The van der Waals surface area contributed by atoms with E-state index in [1.54, 1.807) is 6.07 Å². The van der Waals surface area contributed by atoms with Gasteiger partial charge in [0.2, 0.25) is 0 Å². The summed E-state index contributed by atoms with van der Waals surface area (Å²) in [6.07, 6.45) is 0. The molecule has 0 aliphatic carbocycles. The van der Waals surface area contributed by atoms with E-state index in [9.17, 15) is 4.79 Å². The lowest BCUT2D eigenvalue weighted by Gasteiger charge is -2.04. The molecule has 2 N–H and O–H groups in total. The zero-order valence-corrected chi connectivity index (χ0v) is 9.53. The van der Waals surface area contributed by atoms with Crippen LogP contribution in [0, 0.1) is 14.9 Å². The van der Waals surface area contributed by atoms with Gasteiger partial charge in [0, 0.05) is 3.57 Å². The smallest absolute Gasteiger partial charge is 0.337 e. The van der Waals surface area contributed by atoms with Crippen molar-refractivity contribution in [2.75, 3.05) is 12.8 Å². The van der Waals surface area contributed by atoms with E-state index >= 15 is 0 Å². The molecule has 0 aliphatic rings. The highest BCUT2D eigenvalue weighted by molar-refractivity contribution is 14.1. The largest absolute Gasteiger partial charge is 0.465 e. The maximum absolute atomic E-state index is 11.2. The van der Waals surface area contributed by atoms with Crippen molar-refractivity contribution in [2.24, 2.45) is 0 Å². The van der Waals surface area contributed by atoms with Crippen molar-refractivity contribution >= 4 is 34.2 Å². The van der Waals surface area contributed by atoms with Gasteiger partial charge in [-0.2, -0.15) is 5.26 Å². The third-order valence-electron chi connectivity index (χ3n) is 1.67. The second-order valence-electron chi connectivity index (χ2n) is 2.52. The second kappa shape index (κ2) is 4.28. The minimum atomic E-state index is -0.473. The Kier molecular flexibility index (Phi) is 3.30. The van der Waals surface area contributed by atoms with Crippen molar-refractivity contribution in [3.8, 4) is 6.07 Å². The Morgan fingerprint density at radius 2 is 2.29 bits per heavy atom. The average Bonchev–Trinajstić information content (AvgIpc) is 2.20. The van der Waals surface area contributed by atoms with Gasteiger partial charge in [-0.25, -0.2) is 4.79 Å². The van der Waals surface area contributed by atoms with Crippen molar-refractivity contribution in [3.05, 3.63) is 26.8 Å². The van der Waals surface area contributed by atoms with E-state index in [-0.39, 0.29) is 5.56 Å². The van der Waals surface area contributed by atoms with Crippen molar-refractivity contribution in [1.29, 1.82) is 5.26 Å². The Morgan fingerprint density at radius 1 is 1.64 bits per heavy atom. The third kappa shape index (κ3) is 1.96. The van der Waals surface area contributed by atoms with Crippen LogP contribution in [0.5, 0.6) is 0 Å². The topological polar surface area (TPSA) is 76.1 Å². The molecule has 0 spiro atoms. The molecule has 0 saturated heterocycles. The molecule has 14 heavy (non-hydrogen) atoms. The van der Waals surface area contributed by atoms with Crippen LogP contribution in [-0.2, 0) is 4.74 Å². The normalized spacial score (nSPS) is 9.21. The summed E-state index contributed by atoms with van der Waals surface area (Å²) in [7, 11) is 1.29. The molecular formula is C9H7IN2O2. The Labute approximate surface area is 94.8 Å². The molecule has 0 saturated carbocycles. The first-order valence-corrected chi connectivity index (χ1v) is 4.75. The van der Waals surface area contributed by atoms with E-state index in [1.165, 1.54) is 13.2 Å². The number of nitrogens with two attached hydrogens (primary N) is 1. The van der Waals surface area contributed by atoms with Crippen LogP contribution in [0.1, 0.15) is 15.9 Å². The van der Waals surface area contributed by atoms with E-state index in [2.05, 4.69) is 4.74 Å². The number of nitriles is 1. The summed E-state index contributed by atoms with van der Waals surface area (Å²) in [6.45, 7) is 0. The summed E-state index contributed by atoms with van der Waals surface area (Å²) in [5, 5.41) is 8.74. The number of benzene rings is 1. The van der Waals surface area contributed by atoms with Gasteiger partial charge in [-0.1, -0.05) is 0 Å². The maximum atomic E-state index is 11.2. The lowest BCUT2D eigenvalue weighted by Crippen LogP contribution is -2.04. The first-order valence-electron chi connectivity index (χ1n) is 3.67. The molecule has 1 aromatic carbocycles. The van der Waals surface area contributed by atoms with Crippen LogP contribution in [0.3, 0.4) is 0 Å². The molecule has 0 aliphatic heterocycles. The lowest BCUT2D eigenvalue weighted by atomic mass is 10.1. The number of anilines is 1. The summed E-state index contributed by atoms with van der Waals surface area (Å²) in [6, 6.07) is 4.92. The zero-order valence-electron chi connectivity index (χ0n) is 7.37. The van der Waals surface area contributed by atoms with Gasteiger partial charge in [-0.15, -0.1) is 0 Å². The Hall–Kier alpha value is -1.29. The van der Waals surface area contributed by atoms with Gasteiger partial charge in [0.1, 0.15) is 6.07 Å². The van der Waals surface area contributed by atoms with Gasteiger partial charge < -0.3 is 10.5 Å². The SMILES string of the molecule is COC(=O)c1cc(I)c(N)c(C#N)c1. The summed E-state index contributed by atoms with van der Waals surface area (Å²) in [5.74, 6) is -0.473. The number of esters is 1. The Bertz CT molecular complexity index is 424. The third-order valence-corrected chi connectivity index (χ3v) is 2.56. The highest BCUT2D eigenvalue weighted by atomic mass is 127. The number of nitrogen functional groups attached to an aromatic ring is 1. The van der Waals surface area contributed by atoms with Gasteiger partial charge in [0.25, 0.3) is 0 Å². The van der Waals surface area contributed by atoms with Gasteiger partial charge in [0.05, 0.1) is 23.9 Å². The van der Waals surface area contributed by atoms with Crippen LogP contribution >= 0.6 is 22.6 Å². The van der Waals surface area contributed by atoms with E-state index < -0.39 is 5.97 Å². The molecule has 72 valence electrons. The molecule has 0 fully saturated rings. The summed E-state index contributed by atoms with van der Waals surface area (Å²) < 4.78 is 5.21. The highest BCUT2D eigenvalue weighted by Crippen LogP contribution is 2.21. The minimum absolute atomic E-state index is 0.289. The predicted octanol–water partition coefficient (Wildman–Crippen LogP) is 1.53. The van der Waals surface area contributed by atoms with Crippen LogP contribution in [-0.4, -0.2) is 13.1 Å². The van der Waals surface area contributed by atoms with E-state index in [0.717, 1.165) is 0 Å². The molecule has 1 aromatic rings.